The van der Waals surface area contributed by atoms with Gasteiger partial charge in [0.25, 0.3) is 0 Å². The van der Waals surface area contributed by atoms with Crippen LogP contribution in [0.25, 0.3) is 0 Å². The van der Waals surface area contributed by atoms with E-state index in [1.165, 1.54) is 5.56 Å². The van der Waals surface area contributed by atoms with Gasteiger partial charge in [-0.2, -0.15) is 0 Å². The molecule has 2 N–H and O–H groups in total. The standard InChI is InChI=1S/C21H37N5O2.HI/c1-6-28-20-14-17(9-10-19(20)27-5)8-7-11-23-21(22-2)24-15-18-16-25(3)12-13-26(18)4;/h9-10,14,18H,6-8,11-13,15-16H2,1-5H3,(H2,22,23,24);1H. The number of nitrogens with zero attached hydrogens (tertiary/aromatic N) is 3. The summed E-state index contributed by atoms with van der Waals surface area (Å²) < 4.78 is 11.0. The fourth-order valence-corrected chi connectivity index (χ4v) is 3.40. The maximum atomic E-state index is 5.66. The molecule has 0 radical (unpaired) electrons. The second-order valence-corrected chi connectivity index (χ2v) is 7.30. The molecule has 0 amide bonds. The maximum Gasteiger partial charge on any atom is 0.191 e. The summed E-state index contributed by atoms with van der Waals surface area (Å²) in [6.07, 6.45) is 1.99. The molecule has 1 aliphatic rings. The summed E-state index contributed by atoms with van der Waals surface area (Å²) in [6.45, 7) is 7.72. The summed E-state index contributed by atoms with van der Waals surface area (Å²) in [5.74, 6) is 2.47. The largest absolute Gasteiger partial charge is 0.493 e. The molecule has 166 valence electrons. The van der Waals surface area contributed by atoms with Crippen LogP contribution >= 0.6 is 24.0 Å². The fraction of sp³-hybridized carbons (Fsp3) is 0.667. The molecule has 0 bridgehead atoms. The number of rotatable bonds is 9. The van der Waals surface area contributed by atoms with E-state index in [2.05, 4.69) is 51.7 Å². The van der Waals surface area contributed by atoms with Crippen molar-refractivity contribution in [3.8, 4) is 11.5 Å². The molecular formula is C21H38IN5O2. The van der Waals surface area contributed by atoms with Gasteiger partial charge in [-0.15, -0.1) is 24.0 Å². The summed E-state index contributed by atoms with van der Waals surface area (Å²) in [4.78, 5) is 9.15. The number of likely N-dealkylation sites (N-methyl/N-ethyl adjacent to an activating group) is 2. The average Bonchev–Trinajstić information content (AvgIpc) is 2.70. The van der Waals surface area contributed by atoms with Crippen LogP contribution in [-0.2, 0) is 6.42 Å². The van der Waals surface area contributed by atoms with Gasteiger partial charge in [0.2, 0.25) is 0 Å². The van der Waals surface area contributed by atoms with Gasteiger partial charge in [-0.05, 0) is 51.6 Å². The van der Waals surface area contributed by atoms with Crippen LogP contribution in [-0.4, -0.2) is 89.4 Å². The molecule has 1 saturated heterocycles. The molecule has 1 atom stereocenters. The molecule has 2 rings (SSSR count). The lowest BCUT2D eigenvalue weighted by atomic mass is 10.1. The third kappa shape index (κ3) is 8.55. The molecule has 0 aliphatic carbocycles. The van der Waals surface area contributed by atoms with Gasteiger partial charge in [-0.3, -0.25) is 9.89 Å². The van der Waals surface area contributed by atoms with E-state index >= 15 is 0 Å². The second kappa shape index (κ2) is 13.9. The number of benzene rings is 1. The van der Waals surface area contributed by atoms with Crippen molar-refractivity contribution in [2.45, 2.75) is 25.8 Å². The highest BCUT2D eigenvalue weighted by Crippen LogP contribution is 2.28. The maximum absolute atomic E-state index is 5.66. The highest BCUT2D eigenvalue weighted by Gasteiger charge is 2.21. The highest BCUT2D eigenvalue weighted by atomic mass is 127. The quantitative estimate of drug-likeness (QED) is 0.226. The first-order valence-electron chi connectivity index (χ1n) is 10.2. The minimum Gasteiger partial charge on any atom is -0.493 e. The molecule has 29 heavy (non-hydrogen) atoms. The first-order valence-corrected chi connectivity index (χ1v) is 10.2. The van der Waals surface area contributed by atoms with Crippen LogP contribution in [0.4, 0.5) is 0 Å². The van der Waals surface area contributed by atoms with Gasteiger partial charge in [-0.25, -0.2) is 0 Å². The van der Waals surface area contributed by atoms with Crippen LogP contribution in [0.5, 0.6) is 11.5 Å². The Kier molecular flexibility index (Phi) is 12.3. The average molecular weight is 519 g/mol. The Morgan fingerprint density at radius 3 is 2.69 bits per heavy atom. The van der Waals surface area contributed by atoms with E-state index in [1.807, 2.05) is 20.0 Å². The summed E-state index contributed by atoms with van der Waals surface area (Å²) in [5, 5.41) is 6.88. The molecule has 1 aromatic carbocycles. The zero-order valence-corrected chi connectivity index (χ0v) is 20.9. The van der Waals surface area contributed by atoms with Crippen molar-refractivity contribution in [3.05, 3.63) is 23.8 Å². The molecule has 1 aliphatic heterocycles. The van der Waals surface area contributed by atoms with E-state index in [1.54, 1.807) is 7.11 Å². The van der Waals surface area contributed by atoms with E-state index in [4.69, 9.17) is 9.47 Å². The number of aliphatic imine (C=N–C) groups is 1. The third-order valence-corrected chi connectivity index (χ3v) is 5.17. The second-order valence-electron chi connectivity index (χ2n) is 7.30. The SMILES string of the molecule is CCOc1cc(CCCNC(=NC)NCC2CN(C)CCN2C)ccc1OC.I. The Hall–Kier alpha value is -1.26. The van der Waals surface area contributed by atoms with E-state index in [9.17, 15) is 0 Å². The van der Waals surface area contributed by atoms with Gasteiger partial charge in [0.05, 0.1) is 13.7 Å². The topological polar surface area (TPSA) is 61.4 Å². The Morgan fingerprint density at radius 1 is 1.21 bits per heavy atom. The Morgan fingerprint density at radius 2 is 2.00 bits per heavy atom. The lowest BCUT2D eigenvalue weighted by molar-refractivity contribution is 0.116. The van der Waals surface area contributed by atoms with E-state index in [-0.39, 0.29) is 24.0 Å². The first kappa shape index (κ1) is 25.8. The van der Waals surface area contributed by atoms with Gasteiger partial charge in [0, 0.05) is 45.8 Å². The van der Waals surface area contributed by atoms with Crippen LogP contribution in [0, 0.1) is 0 Å². The van der Waals surface area contributed by atoms with Gasteiger partial charge >= 0.3 is 0 Å². The Labute approximate surface area is 193 Å². The van der Waals surface area contributed by atoms with E-state index < -0.39 is 0 Å². The van der Waals surface area contributed by atoms with Crippen LogP contribution in [0.2, 0.25) is 0 Å². The zero-order valence-electron chi connectivity index (χ0n) is 18.5. The number of methoxy groups -OCH3 is 1. The van der Waals surface area contributed by atoms with Crippen LogP contribution in [0.15, 0.2) is 23.2 Å². The lowest BCUT2D eigenvalue weighted by Crippen LogP contribution is -2.55. The van der Waals surface area contributed by atoms with E-state index in [0.29, 0.717) is 12.6 Å². The molecule has 0 saturated carbocycles. The zero-order chi connectivity index (χ0) is 20.4. The number of hydrogen-bond donors (Lipinski definition) is 2. The number of halogens is 1. The van der Waals surface area contributed by atoms with Gasteiger partial charge in [-0.1, -0.05) is 6.07 Å². The molecule has 8 heteroatoms. The summed E-state index contributed by atoms with van der Waals surface area (Å²) in [5.41, 5.74) is 1.25. The molecule has 1 fully saturated rings. The van der Waals surface area contributed by atoms with Crippen LogP contribution in [0.3, 0.4) is 0 Å². The van der Waals surface area contributed by atoms with Crippen molar-refractivity contribution in [2.24, 2.45) is 4.99 Å². The van der Waals surface area contributed by atoms with Crippen LogP contribution in [0.1, 0.15) is 18.9 Å². The summed E-state index contributed by atoms with van der Waals surface area (Å²) >= 11 is 0. The molecule has 7 nitrogen and oxygen atoms in total. The van der Waals surface area contributed by atoms with Gasteiger partial charge in [0.1, 0.15) is 0 Å². The molecule has 1 unspecified atom stereocenters. The molecule has 1 heterocycles. The minimum absolute atomic E-state index is 0. The lowest BCUT2D eigenvalue weighted by Gasteiger charge is -2.37. The number of aryl methyl sites for hydroxylation is 1. The van der Waals surface area contributed by atoms with Crippen LogP contribution < -0.4 is 20.1 Å². The summed E-state index contributed by atoms with van der Waals surface area (Å²) in [7, 11) is 7.87. The van der Waals surface area contributed by atoms with Gasteiger partial charge < -0.3 is 25.0 Å². The number of piperazine rings is 1. The third-order valence-electron chi connectivity index (χ3n) is 5.17. The Bertz CT molecular complexity index is 629. The van der Waals surface area contributed by atoms with E-state index in [0.717, 1.165) is 63.0 Å². The fourth-order valence-electron chi connectivity index (χ4n) is 3.40. The molecule has 0 aromatic heterocycles. The smallest absolute Gasteiger partial charge is 0.191 e. The predicted octanol–water partition coefficient (Wildman–Crippen LogP) is 2.06. The highest BCUT2D eigenvalue weighted by molar-refractivity contribution is 14.0. The number of guanidine groups is 1. The number of nitrogens with one attached hydrogen (secondary N) is 2. The van der Waals surface area contributed by atoms with Crippen molar-refractivity contribution in [1.29, 1.82) is 0 Å². The monoisotopic (exact) mass is 519 g/mol. The predicted molar refractivity (Wildman–Crippen MR) is 131 cm³/mol. The molecule has 0 spiro atoms. The van der Waals surface area contributed by atoms with Crippen molar-refractivity contribution < 1.29 is 9.47 Å². The number of ether oxygens (including phenoxy) is 2. The molecule has 1 aromatic rings. The summed E-state index contributed by atoms with van der Waals surface area (Å²) in [6, 6.07) is 6.66. The first-order chi connectivity index (χ1) is 13.6. The van der Waals surface area contributed by atoms with Crippen molar-refractivity contribution >= 4 is 29.9 Å². The molecular weight excluding hydrogens is 481 g/mol. The van der Waals surface area contributed by atoms with Crippen molar-refractivity contribution in [2.75, 3.05) is 67.6 Å². The normalized spacial score (nSPS) is 18.1. The minimum atomic E-state index is 0. The van der Waals surface area contributed by atoms with Crippen molar-refractivity contribution in [3.63, 3.8) is 0 Å². The van der Waals surface area contributed by atoms with Crippen molar-refractivity contribution in [1.82, 2.24) is 20.4 Å². The number of hydrogen-bond acceptors (Lipinski definition) is 5. The van der Waals surface area contributed by atoms with Gasteiger partial charge in [0.15, 0.2) is 17.5 Å². The Balaban J connectivity index is 0.00000420.